The second-order valence-corrected chi connectivity index (χ2v) is 5.64. The van der Waals surface area contributed by atoms with Gasteiger partial charge in [-0.3, -0.25) is 4.79 Å². The molecule has 0 saturated carbocycles. The van der Waals surface area contributed by atoms with Crippen molar-refractivity contribution in [3.8, 4) is 10.6 Å². The number of hydrogen-bond acceptors (Lipinski definition) is 5. The van der Waals surface area contributed by atoms with Gasteiger partial charge in [0.25, 0.3) is 0 Å². The standard InChI is InChI=1S/C10H7ClN2O2S2/c11-7-4-2-1-3-6(7)9-12-13-10(17-9)16-5-8(14)15/h1-4H,5H2,(H,14,15). The first kappa shape index (κ1) is 12.3. The lowest BCUT2D eigenvalue weighted by molar-refractivity contribution is -0.133. The van der Waals surface area contributed by atoms with Crippen molar-refractivity contribution in [3.63, 3.8) is 0 Å². The molecule has 0 unspecified atom stereocenters. The second-order valence-electron chi connectivity index (χ2n) is 3.04. The Bertz CT molecular complexity index is 545. The van der Waals surface area contributed by atoms with E-state index in [-0.39, 0.29) is 5.75 Å². The minimum atomic E-state index is -0.871. The van der Waals surface area contributed by atoms with Crippen molar-refractivity contribution >= 4 is 40.7 Å². The highest BCUT2D eigenvalue weighted by molar-refractivity contribution is 8.01. The number of thioether (sulfide) groups is 1. The summed E-state index contributed by atoms with van der Waals surface area (Å²) in [7, 11) is 0. The average molecular weight is 287 g/mol. The van der Waals surface area contributed by atoms with E-state index in [1.54, 1.807) is 6.07 Å². The van der Waals surface area contributed by atoms with Gasteiger partial charge in [0.2, 0.25) is 0 Å². The van der Waals surface area contributed by atoms with E-state index in [1.165, 1.54) is 11.3 Å². The van der Waals surface area contributed by atoms with Crippen LogP contribution in [0.1, 0.15) is 0 Å². The lowest BCUT2D eigenvalue weighted by atomic mass is 10.2. The van der Waals surface area contributed by atoms with Crippen LogP contribution in [0.15, 0.2) is 28.6 Å². The monoisotopic (exact) mass is 286 g/mol. The maximum absolute atomic E-state index is 10.4. The third-order valence-electron chi connectivity index (χ3n) is 1.83. The number of carbonyl (C=O) groups is 1. The summed E-state index contributed by atoms with van der Waals surface area (Å²) < 4.78 is 0.627. The van der Waals surface area contributed by atoms with Gasteiger partial charge in [0.15, 0.2) is 4.34 Å². The molecule has 0 radical (unpaired) electrons. The van der Waals surface area contributed by atoms with Crippen molar-refractivity contribution in [2.24, 2.45) is 0 Å². The summed E-state index contributed by atoms with van der Waals surface area (Å²) in [6.45, 7) is 0. The smallest absolute Gasteiger partial charge is 0.313 e. The minimum absolute atomic E-state index is 0.0167. The minimum Gasteiger partial charge on any atom is -0.481 e. The largest absolute Gasteiger partial charge is 0.481 e. The van der Waals surface area contributed by atoms with Gasteiger partial charge >= 0.3 is 5.97 Å². The van der Waals surface area contributed by atoms with E-state index < -0.39 is 5.97 Å². The first-order valence-electron chi connectivity index (χ1n) is 4.60. The molecule has 2 rings (SSSR count). The molecule has 0 saturated heterocycles. The first-order chi connectivity index (χ1) is 8.16. The van der Waals surface area contributed by atoms with E-state index in [4.69, 9.17) is 16.7 Å². The van der Waals surface area contributed by atoms with Crippen LogP contribution in [0.5, 0.6) is 0 Å². The third-order valence-corrected chi connectivity index (χ3v) is 4.23. The molecule has 0 atom stereocenters. The number of aliphatic carboxylic acids is 1. The molecule has 0 bridgehead atoms. The molecule has 0 spiro atoms. The molecule has 4 nitrogen and oxygen atoms in total. The van der Waals surface area contributed by atoms with Crippen LogP contribution in [-0.4, -0.2) is 27.0 Å². The van der Waals surface area contributed by atoms with E-state index in [0.717, 1.165) is 17.3 Å². The van der Waals surface area contributed by atoms with Gasteiger partial charge in [0.05, 0.1) is 10.8 Å². The molecular weight excluding hydrogens is 280 g/mol. The average Bonchev–Trinajstić information content (AvgIpc) is 2.75. The van der Waals surface area contributed by atoms with Crippen molar-refractivity contribution in [2.75, 3.05) is 5.75 Å². The number of aromatic nitrogens is 2. The Morgan fingerprint density at radius 3 is 2.88 bits per heavy atom. The molecular formula is C10H7ClN2O2S2. The Labute approximate surface area is 111 Å². The van der Waals surface area contributed by atoms with Gasteiger partial charge in [-0.2, -0.15) is 0 Å². The van der Waals surface area contributed by atoms with Crippen LogP contribution in [0.3, 0.4) is 0 Å². The van der Waals surface area contributed by atoms with E-state index in [1.807, 2.05) is 18.2 Å². The molecule has 0 aliphatic rings. The quantitative estimate of drug-likeness (QED) is 0.875. The number of benzene rings is 1. The summed E-state index contributed by atoms with van der Waals surface area (Å²) in [6, 6.07) is 7.34. The van der Waals surface area contributed by atoms with E-state index in [9.17, 15) is 4.79 Å². The van der Waals surface area contributed by atoms with Gasteiger partial charge in [-0.1, -0.05) is 52.9 Å². The summed E-state index contributed by atoms with van der Waals surface area (Å²) >= 11 is 8.52. The summed E-state index contributed by atoms with van der Waals surface area (Å²) in [6.07, 6.45) is 0. The fraction of sp³-hybridized carbons (Fsp3) is 0.100. The summed E-state index contributed by atoms with van der Waals surface area (Å²) in [5.74, 6) is -0.888. The highest BCUT2D eigenvalue weighted by Crippen LogP contribution is 2.33. The number of rotatable bonds is 4. The van der Waals surface area contributed by atoms with Crippen LogP contribution in [-0.2, 0) is 4.79 Å². The molecule has 0 aliphatic carbocycles. The lowest BCUT2D eigenvalue weighted by Crippen LogP contribution is -1.96. The Morgan fingerprint density at radius 1 is 1.41 bits per heavy atom. The van der Waals surface area contributed by atoms with Crippen molar-refractivity contribution in [1.29, 1.82) is 0 Å². The third kappa shape index (κ3) is 3.18. The van der Waals surface area contributed by atoms with Gasteiger partial charge < -0.3 is 5.11 Å². The number of hydrogen-bond donors (Lipinski definition) is 1. The van der Waals surface area contributed by atoms with Crippen molar-refractivity contribution in [3.05, 3.63) is 29.3 Å². The van der Waals surface area contributed by atoms with Gasteiger partial charge in [-0.15, -0.1) is 10.2 Å². The summed E-state index contributed by atoms with van der Waals surface area (Å²) in [4.78, 5) is 10.4. The van der Waals surface area contributed by atoms with Crippen LogP contribution in [0, 0.1) is 0 Å². The molecule has 0 fully saturated rings. The molecule has 0 amide bonds. The van der Waals surface area contributed by atoms with Crippen LogP contribution in [0.25, 0.3) is 10.6 Å². The zero-order valence-electron chi connectivity index (χ0n) is 8.46. The fourth-order valence-corrected chi connectivity index (χ4v) is 3.03. The molecule has 1 N–H and O–H groups in total. The van der Waals surface area contributed by atoms with E-state index in [0.29, 0.717) is 14.4 Å². The number of carboxylic acid groups (broad SMARTS) is 1. The zero-order chi connectivity index (χ0) is 12.3. The first-order valence-corrected chi connectivity index (χ1v) is 6.78. The van der Waals surface area contributed by atoms with E-state index >= 15 is 0 Å². The molecule has 1 aromatic heterocycles. The normalized spacial score (nSPS) is 10.4. The Morgan fingerprint density at radius 2 is 2.18 bits per heavy atom. The van der Waals surface area contributed by atoms with E-state index in [2.05, 4.69) is 10.2 Å². The Kier molecular flexibility index (Phi) is 3.98. The SMILES string of the molecule is O=C(O)CSc1nnc(-c2ccccc2Cl)s1. The van der Waals surface area contributed by atoms with Gasteiger partial charge in [0.1, 0.15) is 5.01 Å². The topological polar surface area (TPSA) is 63.1 Å². The number of carboxylic acids is 1. The summed E-state index contributed by atoms with van der Waals surface area (Å²) in [5, 5.41) is 17.8. The Hall–Kier alpha value is -1.11. The highest BCUT2D eigenvalue weighted by atomic mass is 35.5. The zero-order valence-corrected chi connectivity index (χ0v) is 10.8. The molecule has 1 heterocycles. The number of halogens is 1. The molecule has 1 aromatic carbocycles. The summed E-state index contributed by atoms with van der Waals surface area (Å²) in [5.41, 5.74) is 0.814. The van der Waals surface area contributed by atoms with Crippen LogP contribution >= 0.6 is 34.7 Å². The van der Waals surface area contributed by atoms with Crippen molar-refractivity contribution in [1.82, 2.24) is 10.2 Å². The molecule has 7 heteroatoms. The van der Waals surface area contributed by atoms with Crippen molar-refractivity contribution in [2.45, 2.75) is 4.34 Å². The van der Waals surface area contributed by atoms with Gasteiger partial charge in [0, 0.05) is 5.56 Å². The predicted molar refractivity (Wildman–Crippen MR) is 68.7 cm³/mol. The van der Waals surface area contributed by atoms with Gasteiger partial charge in [-0.25, -0.2) is 0 Å². The van der Waals surface area contributed by atoms with Crippen molar-refractivity contribution < 1.29 is 9.90 Å². The van der Waals surface area contributed by atoms with Crippen LogP contribution in [0.4, 0.5) is 0 Å². The Balaban J connectivity index is 2.18. The van der Waals surface area contributed by atoms with Crippen LogP contribution < -0.4 is 0 Å². The van der Waals surface area contributed by atoms with Crippen LogP contribution in [0.2, 0.25) is 5.02 Å². The lowest BCUT2D eigenvalue weighted by Gasteiger charge is -1.96. The molecule has 88 valence electrons. The highest BCUT2D eigenvalue weighted by Gasteiger charge is 2.10. The maximum atomic E-state index is 10.4. The maximum Gasteiger partial charge on any atom is 0.313 e. The molecule has 2 aromatic rings. The predicted octanol–water partition coefficient (Wildman–Crippen LogP) is 3.04. The molecule has 0 aliphatic heterocycles. The second kappa shape index (κ2) is 5.48. The number of nitrogens with zero attached hydrogens (tertiary/aromatic N) is 2. The fourth-order valence-electron chi connectivity index (χ4n) is 1.14. The molecule has 17 heavy (non-hydrogen) atoms. The van der Waals surface area contributed by atoms with Gasteiger partial charge in [-0.05, 0) is 6.07 Å².